The van der Waals surface area contributed by atoms with E-state index in [0.29, 0.717) is 33.5 Å². The molecule has 0 spiro atoms. The highest BCUT2D eigenvalue weighted by molar-refractivity contribution is 6.21. The second kappa shape index (κ2) is 8.54. The number of nitrogens with zero attached hydrogens (tertiary/aromatic N) is 1. The zero-order valence-electron chi connectivity index (χ0n) is 16.5. The molecule has 1 amide bonds. The van der Waals surface area contributed by atoms with E-state index in [-0.39, 0.29) is 17.9 Å². The van der Waals surface area contributed by atoms with Crippen molar-refractivity contribution >= 4 is 45.9 Å². The number of amides is 1. The number of carbonyl (C=O) groups is 2. The highest BCUT2D eigenvalue weighted by atomic mass is 16.4. The monoisotopic (exact) mass is 412 g/mol. The van der Waals surface area contributed by atoms with E-state index in [9.17, 15) is 14.7 Å². The molecule has 2 aromatic heterocycles. The topological polar surface area (TPSA) is 121 Å². The summed E-state index contributed by atoms with van der Waals surface area (Å²) in [6.45, 7) is 0. The van der Waals surface area contributed by atoms with Crippen molar-refractivity contribution in [1.29, 1.82) is 0 Å². The van der Waals surface area contributed by atoms with Gasteiger partial charge in [-0.2, -0.15) is 0 Å². The van der Waals surface area contributed by atoms with Gasteiger partial charge in [0.15, 0.2) is 0 Å². The summed E-state index contributed by atoms with van der Waals surface area (Å²) in [5.74, 6) is -1.23. The van der Waals surface area contributed by atoms with E-state index in [2.05, 4.69) is 15.3 Å². The van der Waals surface area contributed by atoms with Crippen LogP contribution in [-0.4, -0.2) is 27.0 Å². The highest BCUT2D eigenvalue weighted by Crippen LogP contribution is 2.25. The molecule has 0 aliphatic rings. The van der Waals surface area contributed by atoms with Crippen LogP contribution in [0.4, 0.5) is 11.4 Å². The summed E-state index contributed by atoms with van der Waals surface area (Å²) in [7, 11) is 0. The van der Waals surface area contributed by atoms with Crippen LogP contribution in [0.15, 0.2) is 73.1 Å². The van der Waals surface area contributed by atoms with Crippen LogP contribution >= 0.6 is 0 Å². The fourth-order valence-electron chi connectivity index (χ4n) is 3.35. The van der Waals surface area contributed by atoms with Gasteiger partial charge in [-0.05, 0) is 35.4 Å². The Bertz CT molecular complexity index is 1290. The van der Waals surface area contributed by atoms with Gasteiger partial charge in [0.1, 0.15) is 5.65 Å². The van der Waals surface area contributed by atoms with Gasteiger partial charge in [0.25, 0.3) is 0 Å². The molecular weight excluding hydrogens is 392 g/mol. The fourth-order valence-corrected chi connectivity index (χ4v) is 3.35. The summed E-state index contributed by atoms with van der Waals surface area (Å²) in [4.78, 5) is 31.6. The molecule has 0 saturated heterocycles. The number of benzene rings is 2. The number of nitrogens with one attached hydrogen (secondary N) is 2. The summed E-state index contributed by atoms with van der Waals surface area (Å²) in [6.07, 6.45) is 5.03. The lowest BCUT2D eigenvalue weighted by Gasteiger charge is -2.06. The Kier molecular flexibility index (Phi) is 5.49. The minimum Gasteiger partial charge on any atom is -0.478 e. The molecule has 0 fully saturated rings. The minimum atomic E-state index is -1.03. The molecule has 7 nitrogen and oxygen atoms in total. The van der Waals surface area contributed by atoms with Crippen LogP contribution in [0, 0.1) is 0 Å². The van der Waals surface area contributed by atoms with E-state index in [1.165, 1.54) is 0 Å². The average Bonchev–Trinajstić information content (AvgIpc) is 3.14. The van der Waals surface area contributed by atoms with Gasteiger partial charge in [-0.25, -0.2) is 9.78 Å². The number of hydrogen-bond donors (Lipinski definition) is 4. The summed E-state index contributed by atoms with van der Waals surface area (Å²) >= 11 is 0. The zero-order chi connectivity index (χ0) is 21.8. The molecule has 0 atom stereocenters. The van der Waals surface area contributed by atoms with Crippen LogP contribution < -0.4 is 11.1 Å². The first-order valence-electron chi connectivity index (χ1n) is 9.61. The first-order valence-corrected chi connectivity index (χ1v) is 9.61. The SMILES string of the molecule is Nc1cccc(CC(=O)Nc2cnc3[nH]cc(/C=C(/C(=O)O)c4ccccc4)c3c2)c1. The molecule has 31 heavy (non-hydrogen) atoms. The number of aromatic nitrogens is 2. The normalized spacial score (nSPS) is 11.4. The molecule has 7 heteroatoms. The molecule has 0 aliphatic heterocycles. The number of carboxylic acid groups (broad SMARTS) is 1. The van der Waals surface area contributed by atoms with Crippen molar-refractivity contribution in [3.63, 3.8) is 0 Å². The minimum absolute atomic E-state index is 0.164. The van der Waals surface area contributed by atoms with Gasteiger partial charge in [0.05, 0.1) is 23.9 Å². The Morgan fingerprint density at radius 1 is 1.10 bits per heavy atom. The van der Waals surface area contributed by atoms with Gasteiger partial charge in [0.2, 0.25) is 5.91 Å². The summed E-state index contributed by atoms with van der Waals surface area (Å²) in [5, 5.41) is 13.2. The van der Waals surface area contributed by atoms with Gasteiger partial charge < -0.3 is 21.1 Å². The summed E-state index contributed by atoms with van der Waals surface area (Å²) in [5.41, 5.74) is 9.72. The Morgan fingerprint density at radius 2 is 1.90 bits per heavy atom. The molecule has 5 N–H and O–H groups in total. The number of pyridine rings is 1. The molecular formula is C24H20N4O3. The van der Waals surface area contributed by atoms with Crippen LogP contribution in [0.1, 0.15) is 16.7 Å². The Labute approximate surface area is 178 Å². The first-order chi connectivity index (χ1) is 15.0. The maximum Gasteiger partial charge on any atom is 0.336 e. The fraction of sp³-hybridized carbons (Fsp3) is 0.0417. The molecule has 4 aromatic rings. The number of nitrogens with two attached hydrogens (primary N) is 1. The van der Waals surface area contributed by atoms with Gasteiger partial charge in [-0.15, -0.1) is 0 Å². The largest absolute Gasteiger partial charge is 0.478 e. The van der Waals surface area contributed by atoms with E-state index in [1.807, 2.05) is 12.1 Å². The maximum atomic E-state index is 12.4. The number of aliphatic carboxylic acids is 1. The van der Waals surface area contributed by atoms with Crippen LogP contribution in [-0.2, 0) is 16.0 Å². The number of carboxylic acids is 1. The quantitative estimate of drug-likeness (QED) is 0.282. The zero-order valence-corrected chi connectivity index (χ0v) is 16.5. The third-order valence-corrected chi connectivity index (χ3v) is 4.78. The number of aromatic amines is 1. The van der Waals surface area contributed by atoms with Crippen molar-refractivity contribution in [1.82, 2.24) is 9.97 Å². The van der Waals surface area contributed by atoms with Gasteiger partial charge in [-0.1, -0.05) is 42.5 Å². The Morgan fingerprint density at radius 3 is 2.65 bits per heavy atom. The molecule has 4 rings (SSSR count). The first kappa shape index (κ1) is 19.9. The van der Waals surface area contributed by atoms with E-state index >= 15 is 0 Å². The Balaban J connectivity index is 1.61. The maximum absolute atomic E-state index is 12.4. The van der Waals surface area contributed by atoms with Crippen molar-refractivity contribution in [2.45, 2.75) is 6.42 Å². The number of rotatable bonds is 6. The smallest absolute Gasteiger partial charge is 0.336 e. The third kappa shape index (κ3) is 4.62. The van der Waals surface area contributed by atoms with Crippen molar-refractivity contribution in [2.75, 3.05) is 11.1 Å². The number of H-pyrrole nitrogens is 1. The van der Waals surface area contributed by atoms with Crippen LogP contribution in [0.25, 0.3) is 22.7 Å². The molecule has 0 bridgehead atoms. The van der Waals surface area contributed by atoms with Crippen molar-refractivity contribution in [3.8, 4) is 0 Å². The molecule has 0 unspecified atom stereocenters. The van der Waals surface area contributed by atoms with Crippen LogP contribution in [0.2, 0.25) is 0 Å². The predicted octanol–water partition coefficient (Wildman–Crippen LogP) is 3.95. The van der Waals surface area contributed by atoms with E-state index in [0.717, 1.165) is 5.56 Å². The van der Waals surface area contributed by atoms with Crippen LogP contribution in [0.5, 0.6) is 0 Å². The number of hydrogen-bond acceptors (Lipinski definition) is 4. The van der Waals surface area contributed by atoms with Gasteiger partial charge >= 0.3 is 5.97 Å². The van der Waals surface area contributed by atoms with E-state index in [1.54, 1.807) is 67.0 Å². The second-order valence-corrected chi connectivity index (χ2v) is 7.06. The number of anilines is 2. The van der Waals surface area contributed by atoms with Gasteiger partial charge in [0, 0.05) is 22.8 Å². The van der Waals surface area contributed by atoms with Crippen molar-refractivity contribution < 1.29 is 14.7 Å². The molecule has 154 valence electrons. The third-order valence-electron chi connectivity index (χ3n) is 4.78. The number of carbonyl (C=O) groups excluding carboxylic acids is 1. The number of fused-ring (bicyclic) bond motifs is 1. The summed E-state index contributed by atoms with van der Waals surface area (Å²) in [6, 6.07) is 17.8. The molecule has 0 radical (unpaired) electrons. The lowest BCUT2D eigenvalue weighted by atomic mass is 10.0. The lowest BCUT2D eigenvalue weighted by molar-refractivity contribution is -0.130. The molecule has 2 heterocycles. The molecule has 0 saturated carbocycles. The highest BCUT2D eigenvalue weighted by Gasteiger charge is 2.13. The molecule has 0 aliphatic carbocycles. The van der Waals surface area contributed by atoms with Crippen LogP contribution in [0.3, 0.4) is 0 Å². The standard InChI is InChI=1S/C24H20N4O3/c25-18-8-4-5-15(9-18)10-22(29)28-19-12-20-17(13-26-23(20)27-14-19)11-21(24(30)31)16-6-2-1-3-7-16/h1-9,11-14H,10,25H2,(H,26,27)(H,28,29)(H,30,31)/b21-11+. The van der Waals surface area contributed by atoms with Crippen molar-refractivity contribution in [2.24, 2.45) is 0 Å². The van der Waals surface area contributed by atoms with E-state index < -0.39 is 5.97 Å². The van der Waals surface area contributed by atoms with Gasteiger partial charge in [-0.3, -0.25) is 4.79 Å². The van der Waals surface area contributed by atoms with Crippen molar-refractivity contribution in [3.05, 3.63) is 89.7 Å². The number of nitrogen functional groups attached to an aromatic ring is 1. The second-order valence-electron chi connectivity index (χ2n) is 7.06. The van der Waals surface area contributed by atoms with E-state index in [4.69, 9.17) is 5.73 Å². The predicted molar refractivity (Wildman–Crippen MR) is 121 cm³/mol. The Hall–Kier alpha value is -4.39. The molecule has 2 aromatic carbocycles. The lowest BCUT2D eigenvalue weighted by Crippen LogP contribution is -2.14. The average molecular weight is 412 g/mol. The summed E-state index contributed by atoms with van der Waals surface area (Å²) < 4.78 is 0.